The van der Waals surface area contributed by atoms with E-state index >= 15 is 0 Å². The molecule has 0 spiro atoms. The van der Waals surface area contributed by atoms with Crippen LogP contribution >= 0.6 is 0 Å². The topological polar surface area (TPSA) is 81.5 Å². The van der Waals surface area contributed by atoms with E-state index in [-0.39, 0.29) is 24.0 Å². The van der Waals surface area contributed by atoms with Crippen molar-refractivity contribution in [3.8, 4) is 5.88 Å². The highest BCUT2D eigenvalue weighted by atomic mass is 16.5. The molecular formula is C12H16N2O4. The minimum Gasteiger partial charge on any atom is -0.476 e. The van der Waals surface area contributed by atoms with Gasteiger partial charge in [0.1, 0.15) is 6.10 Å². The molecule has 1 aliphatic rings. The lowest BCUT2D eigenvalue weighted by Crippen LogP contribution is -2.35. The molecule has 0 radical (unpaired) electrons. The fourth-order valence-electron chi connectivity index (χ4n) is 2.11. The lowest BCUT2D eigenvalue weighted by Gasteiger charge is -2.31. The van der Waals surface area contributed by atoms with E-state index < -0.39 is 5.97 Å². The number of aromatic carboxylic acids is 1. The SMILES string of the molecule is CC1CC(Oc2ccc(C(=O)O)nn2)CC(C)O1. The van der Waals surface area contributed by atoms with Gasteiger partial charge in [-0.3, -0.25) is 0 Å². The van der Waals surface area contributed by atoms with Crippen LogP contribution in [-0.2, 0) is 4.74 Å². The summed E-state index contributed by atoms with van der Waals surface area (Å²) in [4.78, 5) is 10.6. The van der Waals surface area contributed by atoms with Crippen LogP contribution in [0.1, 0.15) is 37.2 Å². The zero-order valence-corrected chi connectivity index (χ0v) is 10.4. The van der Waals surface area contributed by atoms with Crippen LogP contribution in [0.3, 0.4) is 0 Å². The number of rotatable bonds is 3. The highest BCUT2D eigenvalue weighted by Crippen LogP contribution is 2.22. The van der Waals surface area contributed by atoms with Crippen molar-refractivity contribution in [3.05, 3.63) is 17.8 Å². The van der Waals surface area contributed by atoms with Crippen molar-refractivity contribution < 1.29 is 19.4 Å². The van der Waals surface area contributed by atoms with Crippen LogP contribution in [0.15, 0.2) is 12.1 Å². The van der Waals surface area contributed by atoms with Gasteiger partial charge in [-0.2, -0.15) is 0 Å². The van der Waals surface area contributed by atoms with Crippen LogP contribution in [-0.4, -0.2) is 39.6 Å². The lowest BCUT2D eigenvalue weighted by atomic mass is 10.0. The van der Waals surface area contributed by atoms with Gasteiger partial charge in [0.25, 0.3) is 0 Å². The second-order valence-corrected chi connectivity index (χ2v) is 4.53. The number of aromatic nitrogens is 2. The second kappa shape index (κ2) is 5.30. The van der Waals surface area contributed by atoms with Crippen molar-refractivity contribution in [3.63, 3.8) is 0 Å². The summed E-state index contributed by atoms with van der Waals surface area (Å²) in [7, 11) is 0. The van der Waals surface area contributed by atoms with Gasteiger partial charge >= 0.3 is 5.97 Å². The maximum atomic E-state index is 10.6. The Kier molecular flexibility index (Phi) is 3.76. The monoisotopic (exact) mass is 252 g/mol. The maximum absolute atomic E-state index is 10.6. The molecule has 1 aliphatic heterocycles. The number of carbonyl (C=O) groups is 1. The molecule has 0 saturated carbocycles. The average molecular weight is 252 g/mol. The van der Waals surface area contributed by atoms with Crippen LogP contribution in [0.4, 0.5) is 0 Å². The van der Waals surface area contributed by atoms with E-state index in [1.165, 1.54) is 12.1 Å². The fraction of sp³-hybridized carbons (Fsp3) is 0.583. The van der Waals surface area contributed by atoms with E-state index in [2.05, 4.69) is 10.2 Å². The molecule has 1 N–H and O–H groups in total. The van der Waals surface area contributed by atoms with E-state index in [0.717, 1.165) is 12.8 Å². The number of hydrogen-bond acceptors (Lipinski definition) is 5. The first-order valence-electron chi connectivity index (χ1n) is 5.93. The molecule has 0 amide bonds. The molecule has 1 saturated heterocycles. The first kappa shape index (κ1) is 12.8. The minimum absolute atomic E-state index is 0.0359. The van der Waals surface area contributed by atoms with Crippen LogP contribution in [0.5, 0.6) is 5.88 Å². The molecule has 2 unspecified atom stereocenters. The summed E-state index contributed by atoms with van der Waals surface area (Å²) in [5.41, 5.74) is -0.0870. The molecule has 1 aromatic heterocycles. The van der Waals surface area contributed by atoms with Crippen molar-refractivity contribution in [1.82, 2.24) is 10.2 Å². The average Bonchev–Trinajstić information content (AvgIpc) is 2.28. The van der Waals surface area contributed by atoms with E-state index in [1.807, 2.05) is 13.8 Å². The molecule has 2 rings (SSSR count). The largest absolute Gasteiger partial charge is 0.476 e. The van der Waals surface area contributed by atoms with Gasteiger partial charge in [0, 0.05) is 18.9 Å². The first-order chi connectivity index (χ1) is 8.54. The molecule has 1 fully saturated rings. The molecule has 0 aliphatic carbocycles. The highest BCUT2D eigenvalue weighted by molar-refractivity contribution is 5.84. The molecular weight excluding hydrogens is 236 g/mol. The van der Waals surface area contributed by atoms with Gasteiger partial charge in [0.05, 0.1) is 12.2 Å². The van der Waals surface area contributed by atoms with Gasteiger partial charge in [-0.25, -0.2) is 4.79 Å². The Labute approximate surface area is 105 Å². The van der Waals surface area contributed by atoms with Gasteiger partial charge in [0.15, 0.2) is 5.69 Å². The molecule has 98 valence electrons. The van der Waals surface area contributed by atoms with Crippen molar-refractivity contribution in [2.75, 3.05) is 0 Å². The zero-order valence-electron chi connectivity index (χ0n) is 10.4. The Bertz CT molecular complexity index is 411. The van der Waals surface area contributed by atoms with Crippen LogP contribution in [0.2, 0.25) is 0 Å². The summed E-state index contributed by atoms with van der Waals surface area (Å²) in [6, 6.07) is 2.91. The Hall–Kier alpha value is -1.69. The lowest BCUT2D eigenvalue weighted by molar-refractivity contribution is -0.0731. The second-order valence-electron chi connectivity index (χ2n) is 4.53. The van der Waals surface area contributed by atoms with Crippen LogP contribution in [0.25, 0.3) is 0 Å². The van der Waals surface area contributed by atoms with E-state index in [9.17, 15) is 4.79 Å². The zero-order chi connectivity index (χ0) is 13.1. The molecule has 2 atom stereocenters. The number of nitrogens with zero attached hydrogens (tertiary/aromatic N) is 2. The summed E-state index contributed by atoms with van der Waals surface area (Å²) >= 11 is 0. The van der Waals surface area contributed by atoms with Crippen LogP contribution in [0, 0.1) is 0 Å². The third kappa shape index (κ3) is 3.16. The third-order valence-corrected chi connectivity index (χ3v) is 2.80. The maximum Gasteiger partial charge on any atom is 0.356 e. The van der Waals surface area contributed by atoms with Gasteiger partial charge in [-0.05, 0) is 19.9 Å². The van der Waals surface area contributed by atoms with Gasteiger partial charge in [-0.1, -0.05) is 0 Å². The predicted octanol–water partition coefficient (Wildman–Crippen LogP) is 1.51. The Balaban J connectivity index is 1.98. The van der Waals surface area contributed by atoms with Crippen molar-refractivity contribution in [2.45, 2.75) is 45.0 Å². The fourth-order valence-corrected chi connectivity index (χ4v) is 2.11. The minimum atomic E-state index is -1.10. The molecule has 2 heterocycles. The first-order valence-corrected chi connectivity index (χ1v) is 5.93. The number of carboxylic acids is 1. The summed E-state index contributed by atoms with van der Waals surface area (Å²) in [5.74, 6) is -0.742. The predicted molar refractivity (Wildman–Crippen MR) is 62.7 cm³/mol. The molecule has 0 aromatic carbocycles. The number of carboxylic acid groups (broad SMARTS) is 1. The van der Waals surface area contributed by atoms with Crippen molar-refractivity contribution in [1.29, 1.82) is 0 Å². The molecule has 1 aromatic rings. The molecule has 6 heteroatoms. The highest BCUT2D eigenvalue weighted by Gasteiger charge is 2.26. The van der Waals surface area contributed by atoms with E-state index in [1.54, 1.807) is 0 Å². The van der Waals surface area contributed by atoms with Crippen LogP contribution < -0.4 is 4.74 Å². The van der Waals surface area contributed by atoms with Gasteiger partial charge < -0.3 is 14.6 Å². The van der Waals surface area contributed by atoms with Gasteiger partial charge in [-0.15, -0.1) is 10.2 Å². The summed E-state index contributed by atoms with van der Waals surface area (Å²) in [6.45, 7) is 4.01. The van der Waals surface area contributed by atoms with Crippen molar-refractivity contribution >= 4 is 5.97 Å². The molecule has 0 bridgehead atoms. The Morgan fingerprint density at radius 3 is 2.50 bits per heavy atom. The number of ether oxygens (including phenoxy) is 2. The molecule has 18 heavy (non-hydrogen) atoms. The normalized spacial score (nSPS) is 27.8. The smallest absolute Gasteiger partial charge is 0.356 e. The number of hydrogen-bond donors (Lipinski definition) is 1. The van der Waals surface area contributed by atoms with Gasteiger partial charge in [0.2, 0.25) is 5.88 Å². The quantitative estimate of drug-likeness (QED) is 0.878. The third-order valence-electron chi connectivity index (χ3n) is 2.80. The molecule has 6 nitrogen and oxygen atoms in total. The van der Waals surface area contributed by atoms with E-state index in [4.69, 9.17) is 14.6 Å². The summed E-state index contributed by atoms with van der Waals surface area (Å²) < 4.78 is 11.3. The van der Waals surface area contributed by atoms with E-state index in [0.29, 0.717) is 5.88 Å². The Morgan fingerprint density at radius 1 is 1.33 bits per heavy atom. The standard InChI is InChI=1S/C12H16N2O4/c1-7-5-9(6-8(2)17-7)18-11-4-3-10(12(15)16)13-14-11/h3-4,7-9H,5-6H2,1-2H3,(H,15,16). The van der Waals surface area contributed by atoms with Crippen molar-refractivity contribution in [2.24, 2.45) is 0 Å². The summed E-state index contributed by atoms with van der Waals surface area (Å²) in [5, 5.41) is 16.0. The Morgan fingerprint density at radius 2 is 2.00 bits per heavy atom. The summed E-state index contributed by atoms with van der Waals surface area (Å²) in [6.07, 6.45) is 1.95.